The molecule has 0 amide bonds. The Balaban J connectivity index is 1.62. The lowest BCUT2D eigenvalue weighted by atomic mass is 9.90. The molecule has 2 aliphatic carbocycles. The van der Waals surface area contributed by atoms with Crippen LogP contribution in [-0.2, 0) is 14.3 Å². The van der Waals surface area contributed by atoms with E-state index in [1.54, 1.807) is 0 Å². The van der Waals surface area contributed by atoms with Gasteiger partial charge in [-0.1, -0.05) is 0 Å². The van der Waals surface area contributed by atoms with E-state index in [1.165, 1.54) is 32.8 Å². The molecule has 14 heavy (non-hydrogen) atoms. The fraction of sp³-hybridized carbons (Fsp3) is 0.909. The Hall–Kier alpha value is -0.570. The molecule has 2 saturated carbocycles. The number of ether oxygens (including phenoxy) is 2. The van der Waals surface area contributed by atoms with Crippen LogP contribution in [0.25, 0.3) is 0 Å². The minimum absolute atomic E-state index is 0.0821. The van der Waals surface area contributed by atoms with Gasteiger partial charge in [0.2, 0.25) is 0 Å². The summed E-state index contributed by atoms with van der Waals surface area (Å²) in [5, 5.41) is 0. The van der Waals surface area contributed by atoms with E-state index in [2.05, 4.69) is 0 Å². The van der Waals surface area contributed by atoms with Crippen LogP contribution >= 0.6 is 0 Å². The van der Waals surface area contributed by atoms with Gasteiger partial charge >= 0.3 is 5.97 Å². The zero-order valence-corrected chi connectivity index (χ0v) is 8.70. The molecule has 0 aliphatic heterocycles. The minimum atomic E-state index is -0.231. The third kappa shape index (κ3) is 2.47. The Morgan fingerprint density at radius 3 is 2.86 bits per heavy atom. The van der Waals surface area contributed by atoms with Crippen LogP contribution < -0.4 is 0 Å². The highest BCUT2D eigenvalue weighted by atomic mass is 16.6. The lowest BCUT2D eigenvalue weighted by Crippen LogP contribution is -2.19. The van der Waals surface area contributed by atoms with Crippen LogP contribution in [0.4, 0.5) is 0 Å². The van der Waals surface area contributed by atoms with Gasteiger partial charge in [0, 0.05) is 7.11 Å². The van der Waals surface area contributed by atoms with Crippen molar-refractivity contribution in [2.75, 3.05) is 20.3 Å². The van der Waals surface area contributed by atoms with Gasteiger partial charge in [-0.15, -0.1) is 0 Å². The molecule has 0 aromatic carbocycles. The lowest BCUT2D eigenvalue weighted by Gasteiger charge is -2.20. The van der Waals surface area contributed by atoms with Gasteiger partial charge in [-0.25, -0.2) is 4.79 Å². The van der Waals surface area contributed by atoms with E-state index < -0.39 is 0 Å². The summed E-state index contributed by atoms with van der Waals surface area (Å²) in [6, 6.07) is 0. The Labute approximate surface area is 84.8 Å². The molecule has 0 heterocycles. The molecule has 2 fully saturated rings. The zero-order valence-electron chi connectivity index (χ0n) is 8.70. The molecular weight excluding hydrogens is 180 g/mol. The second-order valence-corrected chi connectivity index (χ2v) is 4.55. The molecule has 0 aromatic heterocycles. The highest BCUT2D eigenvalue weighted by Gasteiger charge is 2.42. The van der Waals surface area contributed by atoms with Gasteiger partial charge in [-0.2, -0.15) is 0 Å². The largest absolute Gasteiger partial charge is 0.464 e. The molecule has 3 nitrogen and oxygen atoms in total. The monoisotopic (exact) mass is 198 g/mol. The first-order valence-corrected chi connectivity index (χ1v) is 5.44. The average molecular weight is 198 g/mol. The molecule has 0 saturated heterocycles. The highest BCUT2D eigenvalue weighted by Crippen LogP contribution is 2.51. The fourth-order valence-electron chi connectivity index (χ4n) is 2.47. The van der Waals surface area contributed by atoms with Crippen molar-refractivity contribution in [3.05, 3.63) is 0 Å². The predicted octanol–water partition coefficient (Wildman–Crippen LogP) is 1.61. The maximum atomic E-state index is 11.0. The van der Waals surface area contributed by atoms with Crippen molar-refractivity contribution < 1.29 is 14.3 Å². The third-order valence-electron chi connectivity index (χ3n) is 3.39. The Morgan fingerprint density at radius 1 is 1.29 bits per heavy atom. The van der Waals surface area contributed by atoms with Crippen molar-refractivity contribution in [3.8, 4) is 0 Å². The molecule has 0 aromatic rings. The number of fused-ring (bicyclic) bond motifs is 1. The van der Waals surface area contributed by atoms with Crippen LogP contribution in [0.3, 0.4) is 0 Å². The maximum Gasteiger partial charge on any atom is 0.332 e. The van der Waals surface area contributed by atoms with Crippen molar-refractivity contribution in [3.63, 3.8) is 0 Å². The maximum absolute atomic E-state index is 11.0. The van der Waals surface area contributed by atoms with Crippen LogP contribution in [0, 0.1) is 17.8 Å². The number of rotatable bonds is 4. The number of carbonyl (C=O) groups is 1. The van der Waals surface area contributed by atoms with Crippen molar-refractivity contribution >= 4 is 5.97 Å². The number of carbonyl (C=O) groups excluding carboxylic acids is 1. The number of hydrogen-bond donors (Lipinski definition) is 0. The van der Waals surface area contributed by atoms with E-state index in [0.29, 0.717) is 12.5 Å². The minimum Gasteiger partial charge on any atom is -0.464 e. The highest BCUT2D eigenvalue weighted by molar-refractivity contribution is 5.70. The summed E-state index contributed by atoms with van der Waals surface area (Å²) in [6.45, 7) is 0.685. The third-order valence-corrected chi connectivity index (χ3v) is 3.39. The normalized spacial score (nSPS) is 34.8. The van der Waals surface area contributed by atoms with Gasteiger partial charge in [0.1, 0.15) is 6.61 Å². The topological polar surface area (TPSA) is 35.5 Å². The summed E-state index contributed by atoms with van der Waals surface area (Å²) >= 11 is 0. The second kappa shape index (κ2) is 4.30. The predicted molar refractivity (Wildman–Crippen MR) is 51.8 cm³/mol. The Kier molecular flexibility index (Phi) is 3.06. The van der Waals surface area contributed by atoms with Gasteiger partial charge in [-0.3, -0.25) is 0 Å². The van der Waals surface area contributed by atoms with Crippen LogP contribution in [0.15, 0.2) is 0 Å². The lowest BCUT2D eigenvalue weighted by molar-refractivity contribution is -0.149. The Morgan fingerprint density at radius 2 is 2.14 bits per heavy atom. The smallest absolute Gasteiger partial charge is 0.332 e. The van der Waals surface area contributed by atoms with E-state index in [1.807, 2.05) is 0 Å². The van der Waals surface area contributed by atoms with Crippen molar-refractivity contribution in [1.29, 1.82) is 0 Å². The summed E-state index contributed by atoms with van der Waals surface area (Å²) in [4.78, 5) is 11.0. The quantitative estimate of drug-likeness (QED) is 0.644. The molecule has 0 bridgehead atoms. The molecule has 2 aliphatic rings. The molecule has 3 heteroatoms. The van der Waals surface area contributed by atoms with E-state index >= 15 is 0 Å². The molecular formula is C11H18O3. The van der Waals surface area contributed by atoms with Crippen molar-refractivity contribution in [2.45, 2.75) is 25.7 Å². The zero-order chi connectivity index (χ0) is 9.97. The summed E-state index contributed by atoms with van der Waals surface area (Å²) in [5.74, 6) is 2.35. The van der Waals surface area contributed by atoms with Crippen LogP contribution in [-0.4, -0.2) is 26.3 Å². The van der Waals surface area contributed by atoms with Crippen LogP contribution in [0.1, 0.15) is 25.7 Å². The van der Waals surface area contributed by atoms with Gasteiger partial charge in [0.25, 0.3) is 0 Å². The van der Waals surface area contributed by atoms with Gasteiger partial charge in [0.05, 0.1) is 6.61 Å². The first-order valence-electron chi connectivity index (χ1n) is 5.44. The average Bonchev–Trinajstić information content (AvgIpc) is 2.93. The molecule has 0 N–H and O–H groups in total. The van der Waals surface area contributed by atoms with Gasteiger partial charge < -0.3 is 9.47 Å². The SMILES string of the molecule is COCC(=O)OCC1CCC2CC2C1. The number of methoxy groups -OCH3 is 1. The molecule has 0 radical (unpaired) electrons. The van der Waals surface area contributed by atoms with E-state index in [4.69, 9.17) is 9.47 Å². The summed E-state index contributed by atoms with van der Waals surface area (Å²) in [6.07, 6.45) is 5.27. The first kappa shape index (κ1) is 9.97. The fourth-order valence-corrected chi connectivity index (χ4v) is 2.47. The van der Waals surface area contributed by atoms with E-state index in [9.17, 15) is 4.79 Å². The van der Waals surface area contributed by atoms with E-state index in [-0.39, 0.29) is 12.6 Å². The molecule has 2 rings (SSSR count). The van der Waals surface area contributed by atoms with Gasteiger partial charge in [0.15, 0.2) is 0 Å². The molecule has 3 atom stereocenters. The van der Waals surface area contributed by atoms with Gasteiger partial charge in [-0.05, 0) is 43.4 Å². The molecule has 80 valence electrons. The summed E-state index contributed by atoms with van der Waals surface area (Å²) in [7, 11) is 1.51. The number of hydrogen-bond acceptors (Lipinski definition) is 3. The molecule has 0 spiro atoms. The molecule has 3 unspecified atom stereocenters. The van der Waals surface area contributed by atoms with E-state index in [0.717, 1.165) is 11.8 Å². The summed E-state index contributed by atoms with van der Waals surface area (Å²) in [5.41, 5.74) is 0. The number of esters is 1. The van der Waals surface area contributed by atoms with Crippen LogP contribution in [0.2, 0.25) is 0 Å². The first-order chi connectivity index (χ1) is 6.79. The second-order valence-electron chi connectivity index (χ2n) is 4.55. The summed E-state index contributed by atoms with van der Waals surface area (Å²) < 4.78 is 9.82. The standard InChI is InChI=1S/C11H18O3/c1-13-7-11(12)14-6-8-2-3-9-5-10(9)4-8/h8-10H,2-7H2,1H3. The van der Waals surface area contributed by atoms with Crippen LogP contribution in [0.5, 0.6) is 0 Å². The van der Waals surface area contributed by atoms with Crippen molar-refractivity contribution in [1.82, 2.24) is 0 Å². The van der Waals surface area contributed by atoms with Crippen molar-refractivity contribution in [2.24, 2.45) is 17.8 Å². The Bertz CT molecular complexity index is 215.